The van der Waals surface area contributed by atoms with E-state index < -0.39 is 0 Å². The summed E-state index contributed by atoms with van der Waals surface area (Å²) in [7, 11) is 0. The molecule has 2 aliphatic rings. The maximum absolute atomic E-state index is 11.0. The number of ether oxygens (including phenoxy) is 1. The highest BCUT2D eigenvalue weighted by Crippen LogP contribution is 2.34. The minimum absolute atomic E-state index is 0.284. The van der Waals surface area contributed by atoms with E-state index in [0.717, 1.165) is 11.1 Å². The maximum atomic E-state index is 11.0. The van der Waals surface area contributed by atoms with Gasteiger partial charge in [0.1, 0.15) is 5.75 Å². The van der Waals surface area contributed by atoms with Crippen LogP contribution in [0.4, 0.5) is 0 Å². The number of rotatable bonds is 2. The van der Waals surface area contributed by atoms with Crippen LogP contribution in [-0.4, -0.2) is 5.97 Å². The van der Waals surface area contributed by atoms with Gasteiger partial charge in [0.2, 0.25) is 0 Å². The van der Waals surface area contributed by atoms with E-state index in [4.69, 9.17) is 4.74 Å². The van der Waals surface area contributed by atoms with Gasteiger partial charge in [0.15, 0.2) is 0 Å². The van der Waals surface area contributed by atoms with Crippen LogP contribution in [0.15, 0.2) is 36.4 Å². The Labute approximate surface area is 102 Å². The van der Waals surface area contributed by atoms with Crippen LogP contribution in [0.5, 0.6) is 5.75 Å². The molecule has 17 heavy (non-hydrogen) atoms. The molecular weight excluding hydrogens is 212 g/mol. The molecule has 0 fully saturated rings. The highest BCUT2D eigenvalue weighted by Gasteiger charge is 2.11. The molecule has 2 rings (SSSR count). The van der Waals surface area contributed by atoms with Gasteiger partial charge in [0.25, 0.3) is 0 Å². The number of esters is 1. The normalized spacial score (nSPS) is 10.8. The zero-order valence-electron chi connectivity index (χ0n) is 10.4. The fourth-order valence-corrected chi connectivity index (χ4v) is 1.86. The number of fused-ring (bicyclic) bond motifs is 1. The van der Waals surface area contributed by atoms with E-state index in [-0.39, 0.29) is 5.97 Å². The molecule has 0 radical (unpaired) electrons. The lowest BCUT2D eigenvalue weighted by Crippen LogP contribution is -2.00. The summed E-state index contributed by atoms with van der Waals surface area (Å²) in [5, 5.41) is 0. The van der Waals surface area contributed by atoms with E-state index in [2.05, 4.69) is 32.0 Å². The third kappa shape index (κ3) is 2.47. The molecule has 0 aromatic rings. The zero-order chi connectivity index (χ0) is 12.4. The van der Waals surface area contributed by atoms with Crippen molar-refractivity contribution in [2.45, 2.75) is 26.7 Å². The van der Waals surface area contributed by atoms with Gasteiger partial charge in [0.05, 0.1) is 0 Å². The maximum Gasteiger partial charge on any atom is 0.308 e. The van der Waals surface area contributed by atoms with Gasteiger partial charge < -0.3 is 4.74 Å². The summed E-state index contributed by atoms with van der Waals surface area (Å²) in [4.78, 5) is 11.0. The summed E-state index contributed by atoms with van der Waals surface area (Å²) >= 11 is 0. The number of hydrogen-bond acceptors (Lipinski definition) is 2. The van der Waals surface area contributed by atoms with Crippen LogP contribution in [0, 0.1) is 0 Å². The average Bonchev–Trinajstić information content (AvgIpc) is 2.49. The molecule has 0 aromatic carbocycles. The predicted octanol–water partition coefficient (Wildman–Crippen LogP) is 3.84. The van der Waals surface area contributed by atoms with Crippen molar-refractivity contribution in [2.24, 2.45) is 0 Å². The van der Waals surface area contributed by atoms with Crippen molar-refractivity contribution >= 4 is 5.97 Å². The molecule has 0 amide bonds. The molecule has 0 aliphatic heterocycles. The monoisotopic (exact) mass is 228 g/mol. The lowest BCUT2D eigenvalue weighted by atomic mass is 10.1. The molecule has 0 bridgehead atoms. The largest absolute Gasteiger partial charge is 0.426 e. The van der Waals surface area contributed by atoms with E-state index in [9.17, 15) is 4.79 Å². The molecule has 0 atom stereocenters. The van der Waals surface area contributed by atoms with Crippen LogP contribution in [0.25, 0.3) is 11.1 Å². The van der Waals surface area contributed by atoms with E-state index in [1.807, 2.05) is 18.2 Å². The summed E-state index contributed by atoms with van der Waals surface area (Å²) in [5.41, 5.74) is 3.34. The first-order chi connectivity index (χ1) is 8.08. The molecule has 2 aliphatic carbocycles. The van der Waals surface area contributed by atoms with Crippen LogP contribution in [0.3, 0.4) is 0 Å². The van der Waals surface area contributed by atoms with Gasteiger partial charge in [-0.15, -0.1) is 0 Å². The molecule has 0 saturated heterocycles. The number of hydrogen-bond donors (Lipinski definition) is 0. The summed E-state index contributed by atoms with van der Waals surface area (Å²) in [5.74, 6) is 0.843. The summed E-state index contributed by atoms with van der Waals surface area (Å²) in [6, 6.07) is 12.1. The van der Waals surface area contributed by atoms with Crippen molar-refractivity contribution in [1.82, 2.24) is 0 Å². The first-order valence-electron chi connectivity index (χ1n) is 5.79. The summed E-state index contributed by atoms with van der Waals surface area (Å²) in [6.45, 7) is 5.74. The second-order valence-corrected chi connectivity index (χ2v) is 4.48. The highest BCUT2D eigenvalue weighted by molar-refractivity contribution is 5.79. The fraction of sp³-hybridized carbons (Fsp3) is 0.267. The van der Waals surface area contributed by atoms with E-state index in [0.29, 0.717) is 11.7 Å². The SMILES string of the molecule is CC(=O)Oc1ccc2ccc(C(C)C)ccc1-2. The molecule has 2 heteroatoms. The molecule has 0 unspecified atom stereocenters. The van der Waals surface area contributed by atoms with Crippen LogP contribution >= 0.6 is 0 Å². The Kier molecular flexibility index (Phi) is 3.14. The van der Waals surface area contributed by atoms with Crippen molar-refractivity contribution in [1.29, 1.82) is 0 Å². The molecule has 0 spiro atoms. The van der Waals surface area contributed by atoms with Crippen LogP contribution in [-0.2, 0) is 4.79 Å². The van der Waals surface area contributed by atoms with Crippen molar-refractivity contribution in [3.63, 3.8) is 0 Å². The third-order valence-electron chi connectivity index (χ3n) is 2.81. The number of carbonyl (C=O) groups is 1. The van der Waals surface area contributed by atoms with Crippen molar-refractivity contribution < 1.29 is 9.53 Å². The van der Waals surface area contributed by atoms with E-state index in [1.54, 1.807) is 0 Å². The molecular formula is C15H16O2. The third-order valence-corrected chi connectivity index (χ3v) is 2.81. The quantitative estimate of drug-likeness (QED) is 0.730. The van der Waals surface area contributed by atoms with Crippen LogP contribution in [0.1, 0.15) is 32.3 Å². The van der Waals surface area contributed by atoms with Crippen molar-refractivity contribution in [3.8, 4) is 16.9 Å². The predicted molar refractivity (Wildman–Crippen MR) is 68.5 cm³/mol. The molecule has 0 aromatic heterocycles. The van der Waals surface area contributed by atoms with Gasteiger partial charge in [-0.05, 0) is 23.1 Å². The lowest BCUT2D eigenvalue weighted by molar-refractivity contribution is -0.131. The average molecular weight is 228 g/mol. The second kappa shape index (κ2) is 4.58. The topological polar surface area (TPSA) is 26.3 Å². The van der Waals surface area contributed by atoms with Gasteiger partial charge in [-0.3, -0.25) is 4.79 Å². The second-order valence-electron chi connectivity index (χ2n) is 4.48. The van der Waals surface area contributed by atoms with Crippen molar-refractivity contribution in [3.05, 3.63) is 42.0 Å². The van der Waals surface area contributed by atoms with Crippen molar-refractivity contribution in [2.75, 3.05) is 0 Å². The Morgan fingerprint density at radius 2 is 1.71 bits per heavy atom. The first-order valence-corrected chi connectivity index (χ1v) is 5.79. The molecule has 88 valence electrons. The van der Waals surface area contributed by atoms with Gasteiger partial charge in [-0.2, -0.15) is 0 Å². The molecule has 2 nitrogen and oxygen atoms in total. The summed E-state index contributed by atoms with van der Waals surface area (Å²) in [6.07, 6.45) is 0. The Bertz CT molecular complexity index is 515. The Balaban J connectivity index is 2.46. The van der Waals surface area contributed by atoms with Gasteiger partial charge in [-0.1, -0.05) is 44.2 Å². The lowest BCUT2D eigenvalue weighted by Gasteiger charge is -2.00. The Hall–Kier alpha value is -1.83. The standard InChI is InChI=1S/C15H16O2/c1-10(2)12-4-5-13-7-9-15(17-11(3)16)14(13)8-6-12/h4-10H,1-3H3. The zero-order valence-corrected chi connectivity index (χ0v) is 10.4. The number of carbonyl (C=O) groups excluding carboxylic acids is 1. The van der Waals surface area contributed by atoms with Gasteiger partial charge >= 0.3 is 5.97 Å². The molecule has 0 N–H and O–H groups in total. The highest BCUT2D eigenvalue weighted by atomic mass is 16.5. The minimum atomic E-state index is -0.284. The smallest absolute Gasteiger partial charge is 0.308 e. The molecule has 0 heterocycles. The molecule has 0 saturated carbocycles. The van der Waals surface area contributed by atoms with E-state index >= 15 is 0 Å². The van der Waals surface area contributed by atoms with E-state index in [1.165, 1.54) is 12.5 Å². The Morgan fingerprint density at radius 3 is 2.35 bits per heavy atom. The Morgan fingerprint density at radius 1 is 1.06 bits per heavy atom. The van der Waals surface area contributed by atoms with Crippen LogP contribution < -0.4 is 4.74 Å². The van der Waals surface area contributed by atoms with Crippen LogP contribution in [0.2, 0.25) is 0 Å². The van der Waals surface area contributed by atoms with Gasteiger partial charge in [-0.25, -0.2) is 0 Å². The first kappa shape index (κ1) is 11.6. The summed E-state index contributed by atoms with van der Waals surface area (Å²) < 4.78 is 5.17. The van der Waals surface area contributed by atoms with Gasteiger partial charge in [0, 0.05) is 12.5 Å². The minimum Gasteiger partial charge on any atom is -0.426 e. The fourth-order valence-electron chi connectivity index (χ4n) is 1.86.